The highest BCUT2D eigenvalue weighted by Crippen LogP contribution is 2.00. The molecule has 0 saturated carbocycles. The number of allylic oxidation sites excluding steroid dienone is 2. The third-order valence-electron chi connectivity index (χ3n) is 1.41. The normalized spacial score (nSPS) is 10.1. The van der Waals surface area contributed by atoms with E-state index in [1.54, 1.807) is 12.2 Å². The van der Waals surface area contributed by atoms with E-state index in [9.17, 15) is 10.1 Å². The van der Waals surface area contributed by atoms with Crippen molar-refractivity contribution >= 4 is 6.08 Å². The molecule has 0 aliphatic rings. The van der Waals surface area contributed by atoms with E-state index in [0.29, 0.717) is 0 Å². The topological polar surface area (TPSA) is 55.2 Å². The molecule has 1 aromatic carbocycles. The molecule has 1 rings (SSSR count). The van der Waals surface area contributed by atoms with Crippen molar-refractivity contribution in [3.63, 3.8) is 0 Å². The van der Waals surface area contributed by atoms with Crippen LogP contribution < -0.4 is 5.32 Å². The highest BCUT2D eigenvalue weighted by molar-refractivity contribution is 5.50. The average molecular weight is 220 g/mol. The molecule has 86 valence electrons. The van der Waals surface area contributed by atoms with Crippen LogP contribution in [0.25, 0.3) is 6.08 Å². The Morgan fingerprint density at radius 3 is 2.25 bits per heavy atom. The summed E-state index contributed by atoms with van der Waals surface area (Å²) < 4.78 is 0. The molecule has 0 spiro atoms. The summed E-state index contributed by atoms with van der Waals surface area (Å²) >= 11 is 0. The summed E-state index contributed by atoms with van der Waals surface area (Å²) in [5, 5.41) is 12.6. The predicted molar refractivity (Wildman–Crippen MR) is 66.6 cm³/mol. The molecule has 16 heavy (non-hydrogen) atoms. The van der Waals surface area contributed by atoms with Crippen molar-refractivity contribution < 1.29 is 4.92 Å². The third kappa shape index (κ3) is 8.65. The molecular weight excluding hydrogens is 204 g/mol. The molecule has 0 aliphatic heterocycles. The van der Waals surface area contributed by atoms with E-state index < -0.39 is 4.92 Å². The molecule has 4 heteroatoms. The van der Waals surface area contributed by atoms with Gasteiger partial charge in [-0.15, -0.1) is 0 Å². The van der Waals surface area contributed by atoms with Crippen LogP contribution >= 0.6 is 0 Å². The minimum atomic E-state index is -0.491. The molecular formula is C12H16N2O2. The van der Waals surface area contributed by atoms with Gasteiger partial charge in [0.25, 0.3) is 0 Å². The maximum absolute atomic E-state index is 9.90. The standard InChI is InChI=1S/C10H9NO2.C2H7N/c12-11(13)9-5-4-8-10-6-2-1-3-7-10;1-3-2/h1-9H;3H,1-2H3. The summed E-state index contributed by atoms with van der Waals surface area (Å²) in [5.74, 6) is 0. The summed E-state index contributed by atoms with van der Waals surface area (Å²) in [6.07, 6.45) is 5.74. The average Bonchev–Trinajstić information content (AvgIpc) is 2.27. The van der Waals surface area contributed by atoms with E-state index in [1.165, 1.54) is 6.08 Å². The largest absolute Gasteiger partial charge is 0.323 e. The molecule has 0 aliphatic carbocycles. The first-order valence-corrected chi connectivity index (χ1v) is 4.82. The lowest BCUT2D eigenvalue weighted by molar-refractivity contribution is -0.402. The summed E-state index contributed by atoms with van der Waals surface area (Å²) in [6, 6.07) is 9.60. The molecule has 0 saturated heterocycles. The van der Waals surface area contributed by atoms with Crippen LogP contribution in [0, 0.1) is 10.1 Å². The monoisotopic (exact) mass is 220 g/mol. The van der Waals surface area contributed by atoms with Crippen LogP contribution in [0.2, 0.25) is 0 Å². The molecule has 0 fully saturated rings. The Morgan fingerprint density at radius 1 is 1.19 bits per heavy atom. The molecule has 4 nitrogen and oxygen atoms in total. The van der Waals surface area contributed by atoms with Gasteiger partial charge in [-0.2, -0.15) is 0 Å². The van der Waals surface area contributed by atoms with Crippen molar-refractivity contribution in [2.75, 3.05) is 14.1 Å². The number of hydrogen-bond donors (Lipinski definition) is 1. The Morgan fingerprint density at radius 2 is 1.75 bits per heavy atom. The van der Waals surface area contributed by atoms with Gasteiger partial charge in [-0.05, 0) is 19.7 Å². The smallest absolute Gasteiger partial charge is 0.234 e. The lowest BCUT2D eigenvalue weighted by Crippen LogP contribution is -1.89. The van der Waals surface area contributed by atoms with Crippen molar-refractivity contribution in [3.05, 3.63) is 64.4 Å². The van der Waals surface area contributed by atoms with Gasteiger partial charge in [0.2, 0.25) is 6.20 Å². The first-order valence-electron chi connectivity index (χ1n) is 4.82. The molecule has 0 aromatic heterocycles. The van der Waals surface area contributed by atoms with Gasteiger partial charge in [-0.3, -0.25) is 10.1 Å². The minimum absolute atomic E-state index is 0.491. The number of benzene rings is 1. The lowest BCUT2D eigenvalue weighted by Gasteiger charge is -1.87. The quantitative estimate of drug-likeness (QED) is 0.483. The van der Waals surface area contributed by atoms with Gasteiger partial charge in [0.05, 0.1) is 4.92 Å². The van der Waals surface area contributed by atoms with Crippen LogP contribution in [0.5, 0.6) is 0 Å². The Hall–Kier alpha value is -1.94. The molecule has 1 N–H and O–H groups in total. The fourth-order valence-electron chi connectivity index (χ4n) is 0.851. The molecule has 0 atom stereocenters. The van der Waals surface area contributed by atoms with Crippen molar-refractivity contribution in [2.45, 2.75) is 0 Å². The molecule has 0 radical (unpaired) electrons. The van der Waals surface area contributed by atoms with Gasteiger partial charge in [0, 0.05) is 6.08 Å². The predicted octanol–water partition coefficient (Wildman–Crippen LogP) is 2.33. The van der Waals surface area contributed by atoms with Gasteiger partial charge >= 0.3 is 0 Å². The second-order valence-electron chi connectivity index (χ2n) is 2.90. The number of hydrogen-bond acceptors (Lipinski definition) is 3. The summed E-state index contributed by atoms with van der Waals surface area (Å²) in [5.41, 5.74) is 1.02. The summed E-state index contributed by atoms with van der Waals surface area (Å²) in [4.78, 5) is 9.40. The molecule has 0 unspecified atom stereocenters. The second-order valence-corrected chi connectivity index (χ2v) is 2.90. The SMILES string of the molecule is CNC.O=[N+]([O-])C=CC=Cc1ccccc1. The van der Waals surface area contributed by atoms with Gasteiger partial charge in [0.1, 0.15) is 0 Å². The van der Waals surface area contributed by atoms with Crippen molar-refractivity contribution in [2.24, 2.45) is 0 Å². The van der Waals surface area contributed by atoms with Crippen LogP contribution in [-0.2, 0) is 0 Å². The lowest BCUT2D eigenvalue weighted by atomic mass is 10.2. The Bertz CT molecular complexity index is 345. The van der Waals surface area contributed by atoms with Crippen LogP contribution in [0.4, 0.5) is 0 Å². The van der Waals surface area contributed by atoms with E-state index in [2.05, 4.69) is 5.32 Å². The highest BCUT2D eigenvalue weighted by atomic mass is 16.6. The fraction of sp³-hybridized carbons (Fsp3) is 0.167. The van der Waals surface area contributed by atoms with E-state index >= 15 is 0 Å². The zero-order chi connectivity index (χ0) is 12.2. The zero-order valence-corrected chi connectivity index (χ0v) is 9.46. The van der Waals surface area contributed by atoms with Gasteiger partial charge in [-0.1, -0.05) is 42.5 Å². The Labute approximate surface area is 95.5 Å². The Kier molecular flexibility index (Phi) is 8.44. The number of nitro groups is 1. The van der Waals surface area contributed by atoms with Gasteiger partial charge in [-0.25, -0.2) is 0 Å². The van der Waals surface area contributed by atoms with E-state index in [-0.39, 0.29) is 0 Å². The fourth-order valence-corrected chi connectivity index (χ4v) is 0.851. The molecule has 1 aromatic rings. The Balaban J connectivity index is 0.000000673. The zero-order valence-electron chi connectivity index (χ0n) is 9.46. The second kappa shape index (κ2) is 9.61. The van der Waals surface area contributed by atoms with Crippen molar-refractivity contribution in [3.8, 4) is 0 Å². The third-order valence-corrected chi connectivity index (χ3v) is 1.41. The minimum Gasteiger partial charge on any atom is -0.323 e. The number of nitrogens with zero attached hydrogens (tertiary/aromatic N) is 1. The van der Waals surface area contributed by atoms with Crippen LogP contribution in [0.3, 0.4) is 0 Å². The van der Waals surface area contributed by atoms with Crippen molar-refractivity contribution in [1.29, 1.82) is 0 Å². The summed E-state index contributed by atoms with van der Waals surface area (Å²) in [7, 11) is 3.75. The highest BCUT2D eigenvalue weighted by Gasteiger charge is 1.82. The maximum Gasteiger partial charge on any atom is 0.234 e. The van der Waals surface area contributed by atoms with Crippen LogP contribution in [-0.4, -0.2) is 19.0 Å². The first-order chi connectivity index (χ1) is 7.70. The molecule has 0 amide bonds. The van der Waals surface area contributed by atoms with Crippen LogP contribution in [0.15, 0.2) is 48.7 Å². The van der Waals surface area contributed by atoms with Gasteiger partial charge < -0.3 is 5.32 Å². The maximum atomic E-state index is 9.90. The van der Waals surface area contributed by atoms with Gasteiger partial charge in [0.15, 0.2) is 0 Å². The van der Waals surface area contributed by atoms with E-state index in [1.807, 2.05) is 44.4 Å². The van der Waals surface area contributed by atoms with E-state index in [4.69, 9.17) is 0 Å². The summed E-state index contributed by atoms with van der Waals surface area (Å²) in [6.45, 7) is 0. The number of rotatable bonds is 3. The van der Waals surface area contributed by atoms with Crippen LogP contribution in [0.1, 0.15) is 5.56 Å². The molecule has 0 bridgehead atoms. The van der Waals surface area contributed by atoms with E-state index in [0.717, 1.165) is 11.8 Å². The number of nitrogens with one attached hydrogen (secondary N) is 1. The molecule has 0 heterocycles. The first kappa shape index (κ1) is 14.1. The van der Waals surface area contributed by atoms with Crippen molar-refractivity contribution in [1.82, 2.24) is 5.32 Å².